The van der Waals surface area contributed by atoms with Gasteiger partial charge in [-0.1, -0.05) is 42.5 Å². The molecule has 0 saturated carbocycles. The van der Waals surface area contributed by atoms with Crippen LogP contribution in [-0.4, -0.2) is 25.1 Å². The highest BCUT2D eigenvalue weighted by Crippen LogP contribution is 2.20. The zero-order valence-electron chi connectivity index (χ0n) is 15.9. The number of aromatic nitrogens is 1. The molecule has 1 heterocycles. The average Bonchev–Trinajstić information content (AvgIpc) is 2.75. The van der Waals surface area contributed by atoms with Crippen LogP contribution in [0.15, 0.2) is 72.9 Å². The van der Waals surface area contributed by atoms with E-state index in [2.05, 4.69) is 15.6 Å². The second-order valence-electron chi connectivity index (χ2n) is 6.15. The van der Waals surface area contributed by atoms with Gasteiger partial charge in [0.15, 0.2) is 0 Å². The van der Waals surface area contributed by atoms with E-state index in [1.165, 1.54) is 0 Å². The minimum atomic E-state index is -0.519. The molecule has 2 N–H and O–H groups in total. The van der Waals surface area contributed by atoms with Crippen LogP contribution in [0.1, 0.15) is 17.2 Å². The Morgan fingerprint density at radius 2 is 1.82 bits per heavy atom. The van der Waals surface area contributed by atoms with Crippen molar-refractivity contribution in [2.45, 2.75) is 12.6 Å². The van der Waals surface area contributed by atoms with Gasteiger partial charge in [-0.15, -0.1) is 0 Å². The summed E-state index contributed by atoms with van der Waals surface area (Å²) in [6, 6.07) is 20.1. The highest BCUT2D eigenvalue weighted by molar-refractivity contribution is 5.95. The van der Waals surface area contributed by atoms with Crippen LogP contribution in [0.5, 0.6) is 11.6 Å². The predicted molar refractivity (Wildman–Crippen MR) is 108 cm³/mol. The number of anilines is 1. The van der Waals surface area contributed by atoms with Gasteiger partial charge in [0, 0.05) is 30.6 Å². The lowest BCUT2D eigenvalue weighted by Crippen LogP contribution is -2.32. The van der Waals surface area contributed by atoms with Crippen molar-refractivity contribution in [1.82, 2.24) is 10.3 Å². The van der Waals surface area contributed by atoms with Gasteiger partial charge >= 0.3 is 0 Å². The van der Waals surface area contributed by atoms with E-state index in [9.17, 15) is 4.79 Å². The maximum absolute atomic E-state index is 13.0. The van der Waals surface area contributed by atoms with E-state index in [-0.39, 0.29) is 5.91 Å². The highest BCUT2D eigenvalue weighted by Gasteiger charge is 2.20. The molecule has 0 fully saturated rings. The smallest absolute Gasteiger partial charge is 0.246 e. The number of amides is 1. The zero-order valence-corrected chi connectivity index (χ0v) is 15.9. The minimum Gasteiger partial charge on any atom is -0.497 e. The van der Waals surface area contributed by atoms with Crippen molar-refractivity contribution in [3.8, 4) is 11.6 Å². The molecule has 0 aliphatic heterocycles. The van der Waals surface area contributed by atoms with Gasteiger partial charge in [-0.2, -0.15) is 0 Å². The summed E-state index contributed by atoms with van der Waals surface area (Å²) in [5, 5.41) is 6.27. The van der Waals surface area contributed by atoms with Crippen molar-refractivity contribution in [3.63, 3.8) is 0 Å². The fourth-order valence-corrected chi connectivity index (χ4v) is 2.78. The first-order valence-corrected chi connectivity index (χ1v) is 8.92. The van der Waals surface area contributed by atoms with Gasteiger partial charge in [0.25, 0.3) is 0 Å². The van der Waals surface area contributed by atoms with E-state index in [1.54, 1.807) is 32.5 Å². The molecule has 6 nitrogen and oxygen atoms in total. The van der Waals surface area contributed by atoms with Gasteiger partial charge in [0.05, 0.1) is 14.2 Å². The van der Waals surface area contributed by atoms with Crippen molar-refractivity contribution < 1.29 is 14.3 Å². The normalized spacial score (nSPS) is 11.5. The molecule has 6 heteroatoms. The lowest BCUT2D eigenvalue weighted by atomic mass is 10.1. The molecule has 0 saturated heterocycles. The Labute approximate surface area is 164 Å². The number of carbonyl (C=O) groups is 1. The molecule has 144 valence electrons. The summed E-state index contributed by atoms with van der Waals surface area (Å²) in [7, 11) is 3.17. The topological polar surface area (TPSA) is 72.5 Å². The van der Waals surface area contributed by atoms with Crippen molar-refractivity contribution >= 4 is 11.6 Å². The van der Waals surface area contributed by atoms with Crippen molar-refractivity contribution in [3.05, 3.63) is 84.1 Å². The first-order chi connectivity index (χ1) is 13.7. The van der Waals surface area contributed by atoms with Crippen molar-refractivity contribution in [2.75, 3.05) is 19.5 Å². The minimum absolute atomic E-state index is 0.152. The SMILES string of the molecule is COc1cccc(NC(=O)[C@@H](NCc2ccc(OC)nc2)c2ccccc2)c1. The molecule has 1 atom stereocenters. The lowest BCUT2D eigenvalue weighted by molar-refractivity contribution is -0.118. The Morgan fingerprint density at radius 1 is 1.00 bits per heavy atom. The molecule has 0 aliphatic carbocycles. The van der Waals surface area contributed by atoms with E-state index in [0.29, 0.717) is 23.9 Å². The number of methoxy groups -OCH3 is 2. The van der Waals surface area contributed by atoms with Crippen LogP contribution in [0.2, 0.25) is 0 Å². The third kappa shape index (κ3) is 5.08. The Bertz CT molecular complexity index is 898. The van der Waals surface area contributed by atoms with Crippen molar-refractivity contribution in [2.24, 2.45) is 0 Å². The van der Waals surface area contributed by atoms with E-state index in [4.69, 9.17) is 9.47 Å². The number of pyridine rings is 1. The number of hydrogen-bond acceptors (Lipinski definition) is 5. The number of ether oxygens (including phenoxy) is 2. The summed E-state index contributed by atoms with van der Waals surface area (Å²) >= 11 is 0. The molecule has 2 aromatic carbocycles. The van der Waals surface area contributed by atoms with Crippen LogP contribution >= 0.6 is 0 Å². The largest absolute Gasteiger partial charge is 0.497 e. The van der Waals surface area contributed by atoms with Crippen LogP contribution in [0.25, 0.3) is 0 Å². The molecular weight excluding hydrogens is 354 g/mol. The predicted octanol–water partition coefficient (Wildman–Crippen LogP) is 3.57. The first kappa shape index (κ1) is 19.4. The summed E-state index contributed by atoms with van der Waals surface area (Å²) in [5.74, 6) is 1.09. The summed E-state index contributed by atoms with van der Waals surface area (Å²) < 4.78 is 10.3. The Hall–Kier alpha value is -3.38. The monoisotopic (exact) mass is 377 g/mol. The first-order valence-electron chi connectivity index (χ1n) is 8.92. The third-order valence-corrected chi connectivity index (χ3v) is 4.25. The number of hydrogen-bond donors (Lipinski definition) is 2. The number of carbonyl (C=O) groups excluding carboxylic acids is 1. The van der Waals surface area contributed by atoms with Crippen LogP contribution < -0.4 is 20.1 Å². The quantitative estimate of drug-likeness (QED) is 0.628. The number of rotatable bonds is 8. The second kappa shape index (κ2) is 9.53. The summed E-state index contributed by atoms with van der Waals surface area (Å²) in [4.78, 5) is 17.2. The van der Waals surface area contributed by atoms with E-state index < -0.39 is 6.04 Å². The molecule has 0 bridgehead atoms. The Kier molecular flexibility index (Phi) is 6.59. The molecule has 0 radical (unpaired) electrons. The fourth-order valence-electron chi connectivity index (χ4n) is 2.78. The van der Waals surface area contributed by atoms with E-state index in [0.717, 1.165) is 11.1 Å². The van der Waals surface area contributed by atoms with Crippen LogP contribution in [0.3, 0.4) is 0 Å². The van der Waals surface area contributed by atoms with E-state index >= 15 is 0 Å². The van der Waals surface area contributed by atoms with E-state index in [1.807, 2.05) is 54.6 Å². The molecule has 3 rings (SSSR count). The second-order valence-corrected chi connectivity index (χ2v) is 6.15. The van der Waals surface area contributed by atoms with Gasteiger partial charge in [-0.3, -0.25) is 10.1 Å². The van der Waals surface area contributed by atoms with Gasteiger partial charge in [-0.05, 0) is 23.3 Å². The fraction of sp³-hybridized carbons (Fsp3) is 0.182. The molecule has 28 heavy (non-hydrogen) atoms. The summed E-state index contributed by atoms with van der Waals surface area (Å²) in [6.45, 7) is 0.488. The highest BCUT2D eigenvalue weighted by atomic mass is 16.5. The summed E-state index contributed by atoms with van der Waals surface area (Å²) in [5.41, 5.74) is 2.51. The number of benzene rings is 2. The van der Waals surface area contributed by atoms with Gasteiger partial charge < -0.3 is 14.8 Å². The van der Waals surface area contributed by atoms with Crippen LogP contribution in [0.4, 0.5) is 5.69 Å². The Balaban J connectivity index is 1.75. The van der Waals surface area contributed by atoms with Crippen LogP contribution in [0, 0.1) is 0 Å². The maximum Gasteiger partial charge on any atom is 0.246 e. The third-order valence-electron chi connectivity index (χ3n) is 4.25. The average molecular weight is 377 g/mol. The zero-order chi connectivity index (χ0) is 19.8. The van der Waals surface area contributed by atoms with Crippen molar-refractivity contribution in [1.29, 1.82) is 0 Å². The molecule has 3 aromatic rings. The molecule has 0 aliphatic rings. The number of nitrogens with zero attached hydrogens (tertiary/aromatic N) is 1. The molecule has 0 unspecified atom stereocenters. The van der Waals surface area contributed by atoms with Gasteiger partial charge in [0.2, 0.25) is 11.8 Å². The number of nitrogens with one attached hydrogen (secondary N) is 2. The standard InChI is InChI=1S/C22H23N3O3/c1-27-19-10-6-9-18(13-19)25-22(26)21(17-7-4-3-5-8-17)24-15-16-11-12-20(28-2)23-14-16/h3-14,21,24H,15H2,1-2H3,(H,25,26)/t21-/m0/s1. The lowest BCUT2D eigenvalue weighted by Gasteiger charge is -2.19. The Morgan fingerprint density at radius 3 is 2.50 bits per heavy atom. The summed E-state index contributed by atoms with van der Waals surface area (Å²) in [6.07, 6.45) is 1.73. The molecule has 1 aromatic heterocycles. The maximum atomic E-state index is 13.0. The van der Waals surface area contributed by atoms with Crippen LogP contribution in [-0.2, 0) is 11.3 Å². The van der Waals surface area contributed by atoms with Gasteiger partial charge in [-0.25, -0.2) is 4.98 Å². The molecule has 1 amide bonds. The van der Waals surface area contributed by atoms with Gasteiger partial charge in [0.1, 0.15) is 11.8 Å². The molecular formula is C22H23N3O3. The molecule has 0 spiro atoms.